The number of rotatable bonds is 3. The zero-order valence-corrected chi connectivity index (χ0v) is 14.1. The summed E-state index contributed by atoms with van der Waals surface area (Å²) in [6.07, 6.45) is 8.68. The van der Waals surface area contributed by atoms with E-state index in [4.69, 9.17) is 6.42 Å². The molecule has 2 aromatic rings. The maximum atomic E-state index is 12.3. The van der Waals surface area contributed by atoms with Crippen LogP contribution in [0.2, 0.25) is 0 Å². The molecule has 2 aromatic heterocycles. The summed E-state index contributed by atoms with van der Waals surface area (Å²) in [5.41, 5.74) is 2.83. The predicted octanol–water partition coefficient (Wildman–Crippen LogP) is 3.16. The second-order valence-corrected chi connectivity index (χ2v) is 6.31. The molecular formula is C18H15N3O2S. The average Bonchev–Trinajstić information content (AvgIpc) is 2.99. The van der Waals surface area contributed by atoms with Crippen molar-refractivity contribution in [1.29, 1.82) is 0 Å². The van der Waals surface area contributed by atoms with Crippen molar-refractivity contribution in [2.75, 3.05) is 6.54 Å². The van der Waals surface area contributed by atoms with E-state index in [-0.39, 0.29) is 17.7 Å². The zero-order valence-electron chi connectivity index (χ0n) is 13.3. The molecule has 0 unspecified atom stereocenters. The van der Waals surface area contributed by atoms with Crippen molar-refractivity contribution in [2.45, 2.75) is 13.8 Å². The predicted molar refractivity (Wildman–Crippen MR) is 94.5 cm³/mol. The highest BCUT2D eigenvalue weighted by molar-refractivity contribution is 8.18. The molecule has 0 spiro atoms. The molecule has 24 heavy (non-hydrogen) atoms. The van der Waals surface area contributed by atoms with Gasteiger partial charge in [-0.25, -0.2) is 4.98 Å². The van der Waals surface area contributed by atoms with Gasteiger partial charge in [0.1, 0.15) is 5.82 Å². The third kappa shape index (κ3) is 2.74. The SMILES string of the molecule is C#CCN1C(=O)S/C(=C\c2cc(C)n(-c3ccccn3)c2C)C1=O. The van der Waals surface area contributed by atoms with Crippen LogP contribution in [0.5, 0.6) is 0 Å². The zero-order chi connectivity index (χ0) is 17.3. The minimum atomic E-state index is -0.342. The lowest BCUT2D eigenvalue weighted by Crippen LogP contribution is -2.28. The Labute approximate surface area is 144 Å². The lowest BCUT2D eigenvalue weighted by atomic mass is 10.2. The summed E-state index contributed by atoms with van der Waals surface area (Å²) < 4.78 is 2.01. The summed E-state index contributed by atoms with van der Waals surface area (Å²) in [7, 11) is 0. The number of amides is 2. The summed E-state index contributed by atoms with van der Waals surface area (Å²) in [4.78, 5) is 30.0. The van der Waals surface area contributed by atoms with Crippen LogP contribution in [0.1, 0.15) is 17.0 Å². The van der Waals surface area contributed by atoms with E-state index in [1.165, 1.54) is 0 Å². The van der Waals surface area contributed by atoms with Crippen LogP contribution in [-0.2, 0) is 4.79 Å². The van der Waals surface area contributed by atoms with Crippen molar-refractivity contribution < 1.29 is 9.59 Å². The van der Waals surface area contributed by atoms with Crippen molar-refractivity contribution in [3.05, 3.63) is 52.3 Å². The van der Waals surface area contributed by atoms with E-state index in [2.05, 4.69) is 10.9 Å². The number of pyridine rings is 1. The summed E-state index contributed by atoms with van der Waals surface area (Å²) >= 11 is 0.914. The van der Waals surface area contributed by atoms with Crippen LogP contribution in [0.25, 0.3) is 11.9 Å². The van der Waals surface area contributed by atoms with E-state index in [0.717, 1.165) is 39.4 Å². The van der Waals surface area contributed by atoms with Crippen molar-refractivity contribution in [3.63, 3.8) is 0 Å². The Morgan fingerprint density at radius 1 is 1.33 bits per heavy atom. The number of hydrogen-bond donors (Lipinski definition) is 0. The van der Waals surface area contributed by atoms with Gasteiger partial charge in [0.05, 0.1) is 11.4 Å². The summed E-state index contributed by atoms with van der Waals surface area (Å²) in [6, 6.07) is 7.68. The van der Waals surface area contributed by atoms with Crippen molar-refractivity contribution >= 4 is 29.0 Å². The highest BCUT2D eigenvalue weighted by Gasteiger charge is 2.34. The number of terminal acetylenes is 1. The van der Waals surface area contributed by atoms with Gasteiger partial charge in [-0.1, -0.05) is 12.0 Å². The molecule has 1 aliphatic rings. The van der Waals surface area contributed by atoms with E-state index in [9.17, 15) is 9.59 Å². The van der Waals surface area contributed by atoms with E-state index in [0.29, 0.717) is 4.91 Å². The van der Waals surface area contributed by atoms with Crippen LogP contribution in [0, 0.1) is 26.2 Å². The van der Waals surface area contributed by atoms with Crippen molar-refractivity contribution in [3.8, 4) is 18.2 Å². The first-order chi connectivity index (χ1) is 11.5. The highest BCUT2D eigenvalue weighted by atomic mass is 32.2. The maximum Gasteiger partial charge on any atom is 0.294 e. The van der Waals surface area contributed by atoms with Gasteiger partial charge >= 0.3 is 0 Å². The normalized spacial score (nSPS) is 16.0. The van der Waals surface area contributed by atoms with Crippen molar-refractivity contribution in [2.24, 2.45) is 0 Å². The Bertz CT molecular complexity index is 891. The molecule has 0 radical (unpaired) electrons. The minimum absolute atomic E-state index is 0.00500. The van der Waals surface area contributed by atoms with Crippen LogP contribution in [-0.4, -0.2) is 32.1 Å². The van der Waals surface area contributed by atoms with Gasteiger partial charge < -0.3 is 4.57 Å². The average molecular weight is 337 g/mol. The fourth-order valence-electron chi connectivity index (χ4n) is 2.64. The summed E-state index contributed by atoms with van der Waals surface area (Å²) in [6.45, 7) is 3.93. The summed E-state index contributed by atoms with van der Waals surface area (Å²) in [5, 5.41) is -0.331. The maximum absolute atomic E-state index is 12.3. The van der Waals surface area contributed by atoms with Gasteiger partial charge in [0.25, 0.3) is 11.1 Å². The number of carbonyl (C=O) groups is 2. The number of imide groups is 1. The van der Waals surface area contributed by atoms with Gasteiger partial charge in [-0.2, -0.15) is 0 Å². The fourth-order valence-corrected chi connectivity index (χ4v) is 3.47. The minimum Gasteiger partial charge on any atom is -0.303 e. The Kier molecular flexibility index (Phi) is 4.28. The van der Waals surface area contributed by atoms with E-state index >= 15 is 0 Å². The first kappa shape index (κ1) is 16.1. The molecule has 6 heteroatoms. The number of nitrogens with zero attached hydrogens (tertiary/aromatic N) is 3. The van der Waals surface area contributed by atoms with Crippen LogP contribution in [0.3, 0.4) is 0 Å². The third-order valence-corrected chi connectivity index (χ3v) is 4.67. The molecule has 1 fully saturated rings. The lowest BCUT2D eigenvalue weighted by molar-refractivity contribution is -0.122. The molecule has 5 nitrogen and oxygen atoms in total. The Morgan fingerprint density at radius 2 is 2.12 bits per heavy atom. The number of carbonyl (C=O) groups excluding carboxylic acids is 2. The quantitative estimate of drug-likeness (QED) is 0.638. The molecule has 0 aliphatic carbocycles. The number of aryl methyl sites for hydroxylation is 1. The standard InChI is InChI=1S/C18H15N3O2S/c1-4-9-20-17(22)15(24-18(20)23)11-14-10-12(2)21(13(14)3)16-7-5-6-8-19-16/h1,5-8,10-11H,9H2,2-3H3/b15-11-. The molecule has 0 atom stereocenters. The first-order valence-corrected chi connectivity index (χ1v) is 8.13. The highest BCUT2D eigenvalue weighted by Crippen LogP contribution is 2.33. The summed E-state index contributed by atoms with van der Waals surface area (Å²) in [5.74, 6) is 2.80. The topological polar surface area (TPSA) is 55.2 Å². The fraction of sp³-hybridized carbons (Fsp3) is 0.167. The molecule has 120 valence electrons. The molecule has 0 saturated carbocycles. The van der Waals surface area contributed by atoms with E-state index in [1.54, 1.807) is 12.3 Å². The molecule has 3 heterocycles. The molecule has 1 aliphatic heterocycles. The third-order valence-electron chi connectivity index (χ3n) is 3.76. The van der Waals surface area contributed by atoms with Crippen LogP contribution >= 0.6 is 11.8 Å². The van der Waals surface area contributed by atoms with Gasteiger partial charge in [-0.15, -0.1) is 6.42 Å². The Hall–Kier alpha value is -2.78. The Morgan fingerprint density at radius 3 is 2.79 bits per heavy atom. The lowest BCUT2D eigenvalue weighted by Gasteiger charge is -2.08. The Balaban J connectivity index is 1.99. The largest absolute Gasteiger partial charge is 0.303 e. The molecule has 0 bridgehead atoms. The van der Waals surface area contributed by atoms with Gasteiger partial charge in [0, 0.05) is 17.6 Å². The second kappa shape index (κ2) is 6.38. The molecular weight excluding hydrogens is 322 g/mol. The molecule has 1 saturated heterocycles. The van der Waals surface area contributed by atoms with Gasteiger partial charge in [-0.05, 0) is 55.4 Å². The molecule has 0 aromatic carbocycles. The number of aromatic nitrogens is 2. The van der Waals surface area contributed by atoms with E-state index in [1.807, 2.05) is 42.7 Å². The monoisotopic (exact) mass is 337 g/mol. The smallest absolute Gasteiger partial charge is 0.294 e. The van der Waals surface area contributed by atoms with E-state index < -0.39 is 0 Å². The van der Waals surface area contributed by atoms with Gasteiger partial charge in [-0.3, -0.25) is 14.5 Å². The van der Waals surface area contributed by atoms with Crippen LogP contribution < -0.4 is 0 Å². The van der Waals surface area contributed by atoms with Gasteiger partial charge in [0.15, 0.2) is 0 Å². The molecule has 3 rings (SSSR count). The molecule has 0 N–H and O–H groups in total. The second-order valence-electron chi connectivity index (χ2n) is 5.32. The number of hydrogen-bond acceptors (Lipinski definition) is 4. The van der Waals surface area contributed by atoms with Crippen LogP contribution in [0.15, 0.2) is 35.4 Å². The van der Waals surface area contributed by atoms with Crippen molar-refractivity contribution in [1.82, 2.24) is 14.5 Å². The van der Waals surface area contributed by atoms with Crippen LogP contribution in [0.4, 0.5) is 4.79 Å². The first-order valence-electron chi connectivity index (χ1n) is 7.32. The molecule has 2 amide bonds. The van der Waals surface area contributed by atoms with Gasteiger partial charge in [0.2, 0.25) is 0 Å². The number of thioether (sulfide) groups is 1.